The average molecular weight is 443 g/mol. The Morgan fingerprint density at radius 2 is 1.31 bits per heavy atom. The summed E-state index contributed by atoms with van der Waals surface area (Å²) in [4.78, 5) is 24.8. The van der Waals surface area contributed by atoms with Gasteiger partial charge in [-0.2, -0.15) is 0 Å². The van der Waals surface area contributed by atoms with Crippen LogP contribution in [0.3, 0.4) is 0 Å². The maximum atomic E-state index is 12.4. The van der Waals surface area contributed by atoms with E-state index >= 15 is 0 Å². The molecule has 0 saturated heterocycles. The fourth-order valence-electron chi connectivity index (χ4n) is 6.77. The average Bonchev–Trinajstić information content (AvgIpc) is 3.31. The molecule has 0 atom stereocenters. The Labute approximate surface area is 186 Å². The van der Waals surface area contributed by atoms with Crippen LogP contribution in [-0.2, 0) is 0 Å². The highest BCUT2D eigenvalue weighted by Crippen LogP contribution is 2.64. The molecule has 0 aromatic carbocycles. The minimum Gasteiger partial charge on any atom is -0.360 e. The maximum Gasteiger partial charge on any atom is 0.320 e. The Hall–Kier alpha value is -3.04. The van der Waals surface area contributed by atoms with Crippen LogP contribution in [0, 0.1) is 36.5 Å². The normalized spacial score (nSPS) is 30.2. The van der Waals surface area contributed by atoms with Crippen LogP contribution in [0.15, 0.2) is 21.2 Å². The molecular weight excluding hydrogens is 412 g/mol. The van der Waals surface area contributed by atoms with E-state index < -0.39 is 0 Å². The van der Waals surface area contributed by atoms with Gasteiger partial charge < -0.3 is 19.7 Å². The van der Waals surface area contributed by atoms with E-state index in [0.717, 1.165) is 32.1 Å². The summed E-state index contributed by atoms with van der Waals surface area (Å²) in [5, 5.41) is 19.2. The first-order chi connectivity index (χ1) is 15.3. The number of rotatable bonds is 6. The summed E-state index contributed by atoms with van der Waals surface area (Å²) in [6.07, 6.45) is 6.83. The lowest BCUT2D eigenvalue weighted by Gasteiger charge is -2.62. The summed E-state index contributed by atoms with van der Waals surface area (Å²) in [6, 6.07) is 2.86. The number of hydrogen-bond acceptors (Lipinski definition) is 6. The minimum absolute atomic E-state index is 0.0859. The van der Waals surface area contributed by atoms with Crippen LogP contribution < -0.4 is 21.3 Å². The summed E-state index contributed by atoms with van der Waals surface area (Å²) in [5.74, 6) is 3.45. The van der Waals surface area contributed by atoms with E-state index in [4.69, 9.17) is 9.05 Å². The summed E-state index contributed by atoms with van der Waals surface area (Å²) < 4.78 is 10.0. The summed E-state index contributed by atoms with van der Waals surface area (Å²) >= 11 is 0. The molecule has 0 unspecified atom stereocenters. The Morgan fingerprint density at radius 1 is 0.875 bits per heavy atom. The quantitative estimate of drug-likeness (QED) is 0.537. The summed E-state index contributed by atoms with van der Waals surface area (Å²) in [7, 11) is 0. The molecule has 32 heavy (non-hydrogen) atoms. The Bertz CT molecular complexity index is 923. The lowest BCUT2D eigenvalue weighted by molar-refractivity contribution is -0.105. The number of urea groups is 2. The van der Waals surface area contributed by atoms with Crippen molar-refractivity contribution in [1.29, 1.82) is 0 Å². The zero-order chi connectivity index (χ0) is 22.3. The van der Waals surface area contributed by atoms with Gasteiger partial charge in [-0.3, -0.25) is 10.6 Å². The summed E-state index contributed by atoms with van der Waals surface area (Å²) in [6.45, 7) is 4.83. The lowest BCUT2D eigenvalue weighted by Crippen LogP contribution is -2.58. The van der Waals surface area contributed by atoms with Crippen LogP contribution in [0.25, 0.3) is 0 Å². The molecule has 4 N–H and O–H groups in total. The second-order valence-electron chi connectivity index (χ2n) is 10.2. The van der Waals surface area contributed by atoms with Gasteiger partial charge in [0.2, 0.25) is 0 Å². The van der Waals surface area contributed by atoms with Crippen LogP contribution in [-0.4, -0.2) is 35.5 Å². The third-order valence-electron chi connectivity index (χ3n) is 7.29. The number of anilines is 2. The van der Waals surface area contributed by atoms with Crippen molar-refractivity contribution in [2.45, 2.75) is 52.4 Å². The van der Waals surface area contributed by atoms with E-state index in [-0.39, 0.29) is 22.9 Å². The fourth-order valence-corrected chi connectivity index (χ4v) is 6.77. The molecule has 0 aliphatic heterocycles. The summed E-state index contributed by atoms with van der Waals surface area (Å²) in [5.41, 5.74) is 0.172. The Kier molecular flexibility index (Phi) is 5.10. The van der Waals surface area contributed by atoms with Crippen LogP contribution in [0.5, 0.6) is 0 Å². The molecule has 4 fully saturated rings. The van der Waals surface area contributed by atoms with E-state index in [2.05, 4.69) is 31.6 Å². The third-order valence-corrected chi connectivity index (χ3v) is 7.29. The van der Waals surface area contributed by atoms with Crippen molar-refractivity contribution in [3.8, 4) is 0 Å². The molecule has 4 amide bonds. The van der Waals surface area contributed by atoms with Gasteiger partial charge in [-0.1, -0.05) is 10.3 Å². The second-order valence-corrected chi connectivity index (χ2v) is 10.2. The van der Waals surface area contributed by atoms with Gasteiger partial charge in [0, 0.05) is 25.2 Å². The van der Waals surface area contributed by atoms with Crippen molar-refractivity contribution in [1.82, 2.24) is 20.9 Å². The standard InChI is InChI=1S/C22H30N6O4/c1-13-3-17(27-31-13)25-19(29)23-11-21-6-15-5-16(7-21)9-22(8-15,10-21)12-24-20(30)26-18-4-14(2)32-28-18/h3-4,15-16H,5-12H2,1-2H3,(H2,23,25,27,29)(H2,24,26,28,30). The van der Waals surface area contributed by atoms with Gasteiger partial charge in [0.05, 0.1) is 0 Å². The van der Waals surface area contributed by atoms with Crippen LogP contribution in [0.1, 0.15) is 50.0 Å². The predicted octanol–water partition coefficient (Wildman–Crippen LogP) is 3.81. The van der Waals surface area contributed by atoms with Gasteiger partial charge >= 0.3 is 12.1 Å². The van der Waals surface area contributed by atoms with Gasteiger partial charge in [0.1, 0.15) is 11.5 Å². The molecule has 4 bridgehead atoms. The fraction of sp³-hybridized carbons (Fsp3) is 0.636. The highest BCUT2D eigenvalue weighted by molar-refractivity contribution is 5.88. The van der Waals surface area contributed by atoms with Crippen molar-refractivity contribution >= 4 is 23.7 Å². The molecule has 172 valence electrons. The first kappa shape index (κ1) is 20.8. The third kappa shape index (κ3) is 4.31. The number of hydrogen-bond donors (Lipinski definition) is 4. The molecule has 0 spiro atoms. The molecule has 2 aromatic heterocycles. The SMILES string of the molecule is Cc1cc(NC(=O)NCC23CC4CC(C2)CC(CNC(=O)Nc2cc(C)on2)(C4)C3)no1. The minimum atomic E-state index is -0.261. The largest absolute Gasteiger partial charge is 0.360 e. The van der Waals surface area contributed by atoms with Crippen molar-refractivity contribution in [2.24, 2.45) is 22.7 Å². The van der Waals surface area contributed by atoms with Gasteiger partial charge in [-0.15, -0.1) is 0 Å². The number of carbonyl (C=O) groups excluding carboxylic acids is 2. The molecule has 4 saturated carbocycles. The number of nitrogens with one attached hydrogen (secondary N) is 4. The lowest BCUT2D eigenvalue weighted by atomic mass is 9.44. The first-order valence-corrected chi connectivity index (χ1v) is 11.3. The van der Waals surface area contributed by atoms with Gasteiger partial charge in [-0.25, -0.2) is 9.59 Å². The maximum absolute atomic E-state index is 12.4. The molecule has 6 rings (SSSR count). The van der Waals surface area contributed by atoms with Gasteiger partial charge in [0.15, 0.2) is 11.6 Å². The molecule has 0 radical (unpaired) electrons. The van der Waals surface area contributed by atoms with Crippen molar-refractivity contribution in [3.63, 3.8) is 0 Å². The van der Waals surface area contributed by atoms with Crippen LogP contribution in [0.2, 0.25) is 0 Å². The van der Waals surface area contributed by atoms with Crippen molar-refractivity contribution < 1.29 is 18.6 Å². The molecule has 4 aliphatic carbocycles. The molecule has 2 heterocycles. The highest BCUT2D eigenvalue weighted by atomic mass is 16.5. The van der Waals surface area contributed by atoms with Crippen molar-refractivity contribution in [3.05, 3.63) is 23.7 Å². The van der Waals surface area contributed by atoms with Gasteiger partial charge in [-0.05, 0) is 75.0 Å². The van der Waals surface area contributed by atoms with Crippen LogP contribution in [0.4, 0.5) is 21.2 Å². The number of carbonyl (C=O) groups is 2. The zero-order valence-electron chi connectivity index (χ0n) is 18.5. The smallest absolute Gasteiger partial charge is 0.320 e. The van der Waals surface area contributed by atoms with E-state index in [9.17, 15) is 9.59 Å². The molecule has 4 aliphatic rings. The first-order valence-electron chi connectivity index (χ1n) is 11.3. The molecule has 10 nitrogen and oxygen atoms in total. The predicted molar refractivity (Wildman–Crippen MR) is 116 cm³/mol. The van der Waals surface area contributed by atoms with E-state index in [1.807, 2.05) is 0 Å². The van der Waals surface area contributed by atoms with E-state index in [0.29, 0.717) is 48.1 Å². The molecule has 2 aromatic rings. The Morgan fingerprint density at radius 3 is 1.69 bits per heavy atom. The van der Waals surface area contributed by atoms with E-state index in [1.165, 1.54) is 6.42 Å². The molecule has 10 heteroatoms. The second kappa shape index (κ2) is 7.83. The highest BCUT2D eigenvalue weighted by Gasteiger charge is 2.57. The van der Waals surface area contributed by atoms with E-state index in [1.54, 1.807) is 26.0 Å². The van der Waals surface area contributed by atoms with Crippen LogP contribution >= 0.6 is 0 Å². The number of aryl methyl sites for hydroxylation is 2. The van der Waals surface area contributed by atoms with Gasteiger partial charge in [0.25, 0.3) is 0 Å². The number of aromatic nitrogens is 2. The zero-order valence-corrected chi connectivity index (χ0v) is 18.5. The number of nitrogens with zero attached hydrogens (tertiary/aromatic N) is 2. The number of amides is 4. The molecular formula is C22H30N6O4. The Balaban J connectivity index is 1.18. The monoisotopic (exact) mass is 442 g/mol. The van der Waals surface area contributed by atoms with Crippen molar-refractivity contribution in [2.75, 3.05) is 23.7 Å². The topological polar surface area (TPSA) is 134 Å².